The molecule has 0 radical (unpaired) electrons. The minimum absolute atomic E-state index is 0.102. The predicted molar refractivity (Wildman–Crippen MR) is 64.4 cm³/mol. The Morgan fingerprint density at radius 1 is 1.18 bits per heavy atom. The van der Waals surface area contributed by atoms with Crippen molar-refractivity contribution in [3.8, 4) is 0 Å². The molecule has 0 fully saturated rings. The maximum atomic E-state index is 13.4. The molecule has 90 valence electrons. The van der Waals surface area contributed by atoms with Crippen molar-refractivity contribution in [3.05, 3.63) is 56.7 Å². The Morgan fingerprint density at radius 2 is 1.82 bits per heavy atom. The van der Waals surface area contributed by atoms with E-state index in [9.17, 15) is 13.9 Å². The van der Waals surface area contributed by atoms with Crippen LogP contribution < -0.4 is 0 Å². The highest BCUT2D eigenvalue weighted by Crippen LogP contribution is 2.29. The van der Waals surface area contributed by atoms with E-state index >= 15 is 0 Å². The van der Waals surface area contributed by atoms with Crippen LogP contribution in [0.2, 0.25) is 4.34 Å². The van der Waals surface area contributed by atoms with Gasteiger partial charge in [-0.05, 0) is 24.3 Å². The molecule has 1 atom stereocenters. The van der Waals surface area contributed by atoms with Gasteiger partial charge < -0.3 is 5.11 Å². The van der Waals surface area contributed by atoms with Crippen LogP contribution >= 0.6 is 22.9 Å². The van der Waals surface area contributed by atoms with E-state index in [1.165, 1.54) is 29.5 Å². The molecular weight excluding hydrogens is 266 g/mol. The highest BCUT2D eigenvalue weighted by atomic mass is 35.5. The van der Waals surface area contributed by atoms with E-state index in [-0.39, 0.29) is 12.0 Å². The molecule has 1 aromatic heterocycles. The second kappa shape index (κ2) is 5.12. The normalized spacial score (nSPS) is 12.7. The first kappa shape index (κ1) is 12.5. The lowest BCUT2D eigenvalue weighted by atomic mass is 10.1. The third-order valence-electron chi connectivity index (χ3n) is 2.38. The maximum absolute atomic E-state index is 13.4. The molecule has 2 rings (SSSR count). The molecule has 0 amide bonds. The molecular formula is C12H9ClF2OS. The zero-order valence-electron chi connectivity index (χ0n) is 8.66. The molecule has 1 unspecified atom stereocenters. The third-order valence-corrected chi connectivity index (χ3v) is 3.71. The highest BCUT2D eigenvalue weighted by Gasteiger charge is 2.16. The zero-order chi connectivity index (χ0) is 12.4. The van der Waals surface area contributed by atoms with Crippen molar-refractivity contribution >= 4 is 22.9 Å². The topological polar surface area (TPSA) is 20.2 Å². The van der Waals surface area contributed by atoms with Crippen molar-refractivity contribution in [1.29, 1.82) is 0 Å². The first-order valence-corrected chi connectivity index (χ1v) is 6.13. The largest absolute Gasteiger partial charge is 0.387 e. The van der Waals surface area contributed by atoms with Crippen LogP contribution in [-0.4, -0.2) is 5.11 Å². The van der Waals surface area contributed by atoms with Crippen LogP contribution in [0.25, 0.3) is 0 Å². The zero-order valence-corrected chi connectivity index (χ0v) is 10.2. The van der Waals surface area contributed by atoms with E-state index in [2.05, 4.69) is 0 Å². The first-order chi connectivity index (χ1) is 8.08. The Morgan fingerprint density at radius 3 is 2.35 bits per heavy atom. The highest BCUT2D eigenvalue weighted by molar-refractivity contribution is 7.16. The molecule has 5 heteroatoms. The second-order valence-electron chi connectivity index (χ2n) is 3.56. The number of benzene rings is 1. The third kappa shape index (κ3) is 2.83. The summed E-state index contributed by atoms with van der Waals surface area (Å²) in [5.41, 5.74) is -0.107. The molecule has 0 aliphatic heterocycles. The van der Waals surface area contributed by atoms with E-state index in [0.29, 0.717) is 9.21 Å². The van der Waals surface area contributed by atoms with Gasteiger partial charge in [0.1, 0.15) is 11.6 Å². The van der Waals surface area contributed by atoms with Gasteiger partial charge in [-0.2, -0.15) is 0 Å². The average Bonchev–Trinajstić information content (AvgIpc) is 2.70. The van der Waals surface area contributed by atoms with Crippen LogP contribution in [0, 0.1) is 11.6 Å². The van der Waals surface area contributed by atoms with Gasteiger partial charge in [-0.3, -0.25) is 0 Å². The van der Waals surface area contributed by atoms with E-state index in [0.717, 1.165) is 0 Å². The van der Waals surface area contributed by atoms with Crippen LogP contribution in [-0.2, 0) is 6.42 Å². The number of halogens is 3. The van der Waals surface area contributed by atoms with E-state index < -0.39 is 17.7 Å². The van der Waals surface area contributed by atoms with Gasteiger partial charge in [-0.15, -0.1) is 11.3 Å². The molecule has 0 aliphatic carbocycles. The standard InChI is InChI=1S/C12H9ClF2OS/c13-12-5-4-11(17-12)10(16)6-7-8(14)2-1-3-9(7)15/h1-5,10,16H,6H2. The Balaban J connectivity index is 2.21. The summed E-state index contributed by atoms with van der Waals surface area (Å²) in [6, 6.07) is 6.93. The monoisotopic (exact) mass is 274 g/mol. The minimum atomic E-state index is -0.945. The van der Waals surface area contributed by atoms with Crippen molar-refractivity contribution in [2.24, 2.45) is 0 Å². The Hall–Kier alpha value is -0.970. The number of hydrogen-bond donors (Lipinski definition) is 1. The van der Waals surface area contributed by atoms with Crippen molar-refractivity contribution in [1.82, 2.24) is 0 Å². The fourth-order valence-corrected chi connectivity index (χ4v) is 2.58. The summed E-state index contributed by atoms with van der Waals surface area (Å²) in [6.45, 7) is 0. The first-order valence-electron chi connectivity index (χ1n) is 4.94. The van der Waals surface area contributed by atoms with Gasteiger partial charge in [0.05, 0.1) is 10.4 Å². The maximum Gasteiger partial charge on any atom is 0.129 e. The summed E-state index contributed by atoms with van der Waals surface area (Å²) in [5, 5.41) is 9.85. The lowest BCUT2D eigenvalue weighted by Gasteiger charge is -2.10. The molecule has 0 saturated heterocycles. The van der Waals surface area contributed by atoms with E-state index in [4.69, 9.17) is 11.6 Å². The number of aliphatic hydroxyl groups excluding tert-OH is 1. The molecule has 1 heterocycles. The molecule has 0 aliphatic rings. The minimum Gasteiger partial charge on any atom is -0.387 e. The Kier molecular flexibility index (Phi) is 3.76. The summed E-state index contributed by atoms with van der Waals surface area (Å²) in [4.78, 5) is 0.595. The van der Waals surface area contributed by atoms with Gasteiger partial charge in [-0.25, -0.2) is 8.78 Å². The van der Waals surface area contributed by atoms with E-state index in [1.54, 1.807) is 12.1 Å². The smallest absolute Gasteiger partial charge is 0.129 e. The summed E-state index contributed by atoms with van der Waals surface area (Å²) in [5.74, 6) is -1.29. The quantitative estimate of drug-likeness (QED) is 0.898. The van der Waals surface area contributed by atoms with Crippen molar-refractivity contribution in [3.63, 3.8) is 0 Å². The summed E-state index contributed by atoms with van der Waals surface area (Å²) in [7, 11) is 0. The lowest BCUT2D eigenvalue weighted by Crippen LogP contribution is -2.04. The van der Waals surface area contributed by atoms with Crippen LogP contribution in [0.4, 0.5) is 8.78 Å². The summed E-state index contributed by atoms with van der Waals surface area (Å²) in [6.07, 6.45) is -1.05. The molecule has 2 aromatic rings. The molecule has 0 saturated carbocycles. The average molecular weight is 275 g/mol. The van der Waals surface area contributed by atoms with E-state index in [1.807, 2.05) is 0 Å². The van der Waals surface area contributed by atoms with Crippen molar-refractivity contribution in [2.45, 2.75) is 12.5 Å². The number of rotatable bonds is 3. The predicted octanol–water partition coefficient (Wildman–Crippen LogP) is 3.96. The van der Waals surface area contributed by atoms with Crippen molar-refractivity contribution < 1.29 is 13.9 Å². The van der Waals surface area contributed by atoms with Crippen molar-refractivity contribution in [2.75, 3.05) is 0 Å². The van der Waals surface area contributed by atoms with Gasteiger partial charge in [0, 0.05) is 16.9 Å². The molecule has 1 nitrogen and oxygen atoms in total. The molecule has 1 aromatic carbocycles. The van der Waals surface area contributed by atoms with Gasteiger partial charge in [0.15, 0.2) is 0 Å². The van der Waals surface area contributed by atoms with Gasteiger partial charge in [-0.1, -0.05) is 17.7 Å². The number of thiophene rings is 1. The SMILES string of the molecule is OC(Cc1c(F)cccc1F)c1ccc(Cl)s1. The van der Waals surface area contributed by atoms with Gasteiger partial charge in [0.2, 0.25) is 0 Å². The van der Waals surface area contributed by atoms with Crippen LogP contribution in [0.15, 0.2) is 30.3 Å². The molecule has 0 bridgehead atoms. The summed E-state index contributed by atoms with van der Waals surface area (Å²) >= 11 is 6.93. The van der Waals surface area contributed by atoms with Gasteiger partial charge in [0.25, 0.3) is 0 Å². The Labute approximate surface area is 106 Å². The Bertz CT molecular complexity index is 507. The number of aliphatic hydroxyl groups is 1. The van der Waals surface area contributed by atoms with Crippen LogP contribution in [0.3, 0.4) is 0 Å². The fourth-order valence-electron chi connectivity index (χ4n) is 1.53. The second-order valence-corrected chi connectivity index (χ2v) is 5.31. The fraction of sp³-hybridized carbons (Fsp3) is 0.167. The lowest BCUT2D eigenvalue weighted by molar-refractivity contribution is 0.179. The molecule has 0 spiro atoms. The van der Waals surface area contributed by atoms with Gasteiger partial charge >= 0.3 is 0 Å². The molecule has 1 N–H and O–H groups in total. The number of hydrogen-bond acceptors (Lipinski definition) is 2. The molecule has 17 heavy (non-hydrogen) atoms. The van der Waals surface area contributed by atoms with Crippen LogP contribution in [0.1, 0.15) is 16.5 Å². The summed E-state index contributed by atoms with van der Waals surface area (Å²) < 4.78 is 27.3. The van der Waals surface area contributed by atoms with Crippen LogP contribution in [0.5, 0.6) is 0 Å².